The topological polar surface area (TPSA) is 67.3 Å². The van der Waals surface area contributed by atoms with Crippen LogP contribution in [0.3, 0.4) is 0 Å². The number of hydrogen-bond donors (Lipinski definition) is 1. The average Bonchev–Trinajstić information content (AvgIpc) is 3.25. The van der Waals surface area contributed by atoms with Gasteiger partial charge in [-0.25, -0.2) is 0 Å². The number of hydrogen-bond acceptors (Lipinski definition) is 5. The number of ether oxygens (including phenoxy) is 1. The molecule has 4 rings (SSSR count). The molecule has 0 spiro atoms. The summed E-state index contributed by atoms with van der Waals surface area (Å²) in [7, 11) is 0. The molecule has 3 aliphatic rings. The fraction of sp³-hybridized carbons (Fsp3) is 0.706. The molecular weight excluding hydrogens is 292 g/mol. The van der Waals surface area contributed by atoms with E-state index in [0.717, 1.165) is 50.6 Å². The fourth-order valence-electron chi connectivity index (χ4n) is 3.33. The van der Waals surface area contributed by atoms with Gasteiger partial charge in [0.05, 0.1) is 18.2 Å². The third-order valence-corrected chi connectivity index (χ3v) is 4.97. The summed E-state index contributed by atoms with van der Waals surface area (Å²) in [6.07, 6.45) is 5.24. The number of nitrogens with one attached hydrogen (secondary N) is 1. The molecule has 23 heavy (non-hydrogen) atoms. The maximum absolute atomic E-state index is 11.9. The van der Waals surface area contributed by atoms with E-state index in [2.05, 4.69) is 32.5 Å². The Morgan fingerprint density at radius 3 is 2.78 bits per heavy atom. The molecule has 6 heteroatoms. The summed E-state index contributed by atoms with van der Waals surface area (Å²) < 4.78 is 5.49. The molecule has 3 heterocycles. The highest BCUT2D eigenvalue weighted by Crippen LogP contribution is 2.38. The number of anilines is 1. The Kier molecular flexibility index (Phi) is 4.16. The van der Waals surface area contributed by atoms with Gasteiger partial charge in [-0.1, -0.05) is 0 Å². The summed E-state index contributed by atoms with van der Waals surface area (Å²) in [4.78, 5) is 14.1. The van der Waals surface area contributed by atoms with E-state index in [9.17, 15) is 4.79 Å². The summed E-state index contributed by atoms with van der Waals surface area (Å²) in [5.41, 5.74) is 1.13. The minimum atomic E-state index is 0.115. The first-order valence-corrected chi connectivity index (χ1v) is 8.75. The number of aromatic nitrogens is 2. The first-order chi connectivity index (χ1) is 11.3. The lowest BCUT2D eigenvalue weighted by atomic mass is 10.00. The van der Waals surface area contributed by atoms with Crippen molar-refractivity contribution >= 4 is 11.7 Å². The second-order valence-corrected chi connectivity index (χ2v) is 7.00. The summed E-state index contributed by atoms with van der Waals surface area (Å²) in [5.74, 6) is 2.23. The van der Waals surface area contributed by atoms with Gasteiger partial charge >= 0.3 is 0 Å². The number of carbonyl (C=O) groups excluding carboxylic acids is 1. The van der Waals surface area contributed by atoms with E-state index >= 15 is 0 Å². The van der Waals surface area contributed by atoms with Crippen LogP contribution in [-0.4, -0.2) is 48.4 Å². The van der Waals surface area contributed by atoms with Crippen LogP contribution in [0.4, 0.5) is 5.82 Å². The van der Waals surface area contributed by atoms with E-state index in [1.54, 1.807) is 0 Å². The quantitative estimate of drug-likeness (QED) is 0.861. The zero-order valence-electron chi connectivity index (χ0n) is 13.4. The Morgan fingerprint density at radius 2 is 2.13 bits per heavy atom. The molecule has 1 aromatic heterocycles. The Labute approximate surface area is 136 Å². The third kappa shape index (κ3) is 3.63. The Morgan fingerprint density at radius 1 is 1.26 bits per heavy atom. The molecule has 1 N–H and O–H groups in total. The lowest BCUT2D eigenvalue weighted by Crippen LogP contribution is -2.52. The van der Waals surface area contributed by atoms with Crippen molar-refractivity contribution in [1.29, 1.82) is 0 Å². The highest BCUT2D eigenvalue weighted by molar-refractivity contribution is 5.76. The smallest absolute Gasteiger partial charge is 0.222 e. The van der Waals surface area contributed by atoms with Gasteiger partial charge in [0.15, 0.2) is 5.82 Å². The molecule has 6 nitrogen and oxygen atoms in total. The summed E-state index contributed by atoms with van der Waals surface area (Å²) in [6.45, 7) is 3.43. The van der Waals surface area contributed by atoms with Crippen LogP contribution in [0.5, 0.6) is 0 Å². The van der Waals surface area contributed by atoms with Gasteiger partial charge in [0, 0.05) is 38.1 Å². The highest BCUT2D eigenvalue weighted by Gasteiger charge is 2.30. The molecular formula is C17H24N4O2. The van der Waals surface area contributed by atoms with Crippen molar-refractivity contribution in [3.8, 4) is 0 Å². The minimum absolute atomic E-state index is 0.115. The Balaban J connectivity index is 1.17. The Hall–Kier alpha value is -1.69. The van der Waals surface area contributed by atoms with Crippen LogP contribution >= 0.6 is 0 Å². The van der Waals surface area contributed by atoms with Crippen molar-refractivity contribution in [2.75, 3.05) is 31.1 Å². The van der Waals surface area contributed by atoms with Gasteiger partial charge in [0.25, 0.3) is 0 Å². The van der Waals surface area contributed by atoms with Gasteiger partial charge < -0.3 is 15.0 Å². The molecule has 1 amide bonds. The number of nitrogens with zero attached hydrogens (tertiary/aromatic N) is 3. The van der Waals surface area contributed by atoms with Gasteiger partial charge in [0.1, 0.15) is 0 Å². The van der Waals surface area contributed by atoms with E-state index < -0.39 is 0 Å². The molecule has 3 fully saturated rings. The van der Waals surface area contributed by atoms with Gasteiger partial charge in [-0.15, -0.1) is 5.10 Å². The van der Waals surface area contributed by atoms with Gasteiger partial charge in [0.2, 0.25) is 5.91 Å². The maximum Gasteiger partial charge on any atom is 0.222 e. The van der Waals surface area contributed by atoms with Crippen LogP contribution in [0, 0.1) is 5.92 Å². The first-order valence-electron chi connectivity index (χ1n) is 8.75. The molecule has 124 valence electrons. The number of amides is 1. The first kappa shape index (κ1) is 14.9. The van der Waals surface area contributed by atoms with E-state index in [4.69, 9.17) is 4.74 Å². The second kappa shape index (κ2) is 6.43. The van der Waals surface area contributed by atoms with Crippen LogP contribution in [0.25, 0.3) is 0 Å². The molecule has 1 unspecified atom stereocenters. The molecule has 1 saturated carbocycles. The molecule has 2 saturated heterocycles. The van der Waals surface area contributed by atoms with E-state index in [0.29, 0.717) is 18.3 Å². The third-order valence-electron chi connectivity index (χ3n) is 4.97. The van der Waals surface area contributed by atoms with Crippen molar-refractivity contribution in [3.63, 3.8) is 0 Å². The number of carbonyl (C=O) groups is 1. The summed E-state index contributed by atoms with van der Waals surface area (Å²) >= 11 is 0. The van der Waals surface area contributed by atoms with Crippen molar-refractivity contribution in [2.24, 2.45) is 5.92 Å². The van der Waals surface area contributed by atoms with Gasteiger partial charge in [-0.2, -0.15) is 5.10 Å². The largest absolute Gasteiger partial charge is 0.378 e. The predicted octanol–water partition coefficient (Wildman–Crippen LogP) is 1.48. The van der Waals surface area contributed by atoms with E-state index in [1.165, 1.54) is 12.8 Å². The molecule has 0 bridgehead atoms. The Bertz CT molecular complexity index is 546. The van der Waals surface area contributed by atoms with Crippen LogP contribution < -0.4 is 10.2 Å². The van der Waals surface area contributed by atoms with E-state index in [1.807, 2.05) is 0 Å². The van der Waals surface area contributed by atoms with Gasteiger partial charge in [-0.05, 0) is 37.8 Å². The SMILES string of the molecule is O=C(CC1CCCO1)NCC1CN(c2ccc(C3CC3)nn2)C1. The normalized spacial score (nSPS) is 24.5. The molecule has 0 aromatic carbocycles. The lowest BCUT2D eigenvalue weighted by Gasteiger charge is -2.40. The monoisotopic (exact) mass is 316 g/mol. The molecule has 1 aliphatic carbocycles. The van der Waals surface area contributed by atoms with Crippen molar-refractivity contribution in [2.45, 2.75) is 44.1 Å². The summed E-state index contributed by atoms with van der Waals surface area (Å²) in [5, 5.41) is 11.7. The highest BCUT2D eigenvalue weighted by atomic mass is 16.5. The van der Waals surface area contributed by atoms with Crippen LogP contribution in [0.15, 0.2) is 12.1 Å². The molecule has 2 aliphatic heterocycles. The lowest BCUT2D eigenvalue weighted by molar-refractivity contribution is -0.123. The van der Waals surface area contributed by atoms with Gasteiger partial charge in [-0.3, -0.25) is 4.79 Å². The van der Waals surface area contributed by atoms with Crippen molar-refractivity contribution < 1.29 is 9.53 Å². The molecule has 1 aromatic rings. The second-order valence-electron chi connectivity index (χ2n) is 7.00. The predicted molar refractivity (Wildman–Crippen MR) is 86.3 cm³/mol. The van der Waals surface area contributed by atoms with Crippen LogP contribution in [0.2, 0.25) is 0 Å². The maximum atomic E-state index is 11.9. The average molecular weight is 316 g/mol. The van der Waals surface area contributed by atoms with Crippen LogP contribution in [-0.2, 0) is 9.53 Å². The van der Waals surface area contributed by atoms with Crippen molar-refractivity contribution in [3.05, 3.63) is 17.8 Å². The van der Waals surface area contributed by atoms with Crippen LogP contribution in [0.1, 0.15) is 43.7 Å². The molecule has 1 atom stereocenters. The number of rotatable bonds is 6. The van der Waals surface area contributed by atoms with Crippen molar-refractivity contribution in [1.82, 2.24) is 15.5 Å². The standard InChI is InChI=1S/C17H24N4O2/c22-17(8-14-2-1-7-23-14)18-9-12-10-21(11-12)16-6-5-15(19-20-16)13-3-4-13/h5-6,12-14H,1-4,7-11H2,(H,18,22). The summed E-state index contributed by atoms with van der Waals surface area (Å²) in [6, 6.07) is 4.18. The zero-order chi connectivity index (χ0) is 15.6. The minimum Gasteiger partial charge on any atom is -0.378 e. The fourth-order valence-corrected chi connectivity index (χ4v) is 3.33. The zero-order valence-corrected chi connectivity index (χ0v) is 13.4. The molecule has 0 radical (unpaired) electrons. The van der Waals surface area contributed by atoms with E-state index in [-0.39, 0.29) is 12.0 Å².